The van der Waals surface area contributed by atoms with E-state index in [2.05, 4.69) is 121 Å². The lowest BCUT2D eigenvalue weighted by atomic mass is 9.89. The van der Waals surface area contributed by atoms with Crippen molar-refractivity contribution in [3.63, 3.8) is 0 Å². The van der Waals surface area contributed by atoms with Gasteiger partial charge >= 0.3 is 0 Å². The summed E-state index contributed by atoms with van der Waals surface area (Å²) in [6.07, 6.45) is 0. The fourth-order valence-electron chi connectivity index (χ4n) is 8.64. The highest BCUT2D eigenvalue weighted by molar-refractivity contribution is 6.12. The molecule has 0 radical (unpaired) electrons. The van der Waals surface area contributed by atoms with Crippen LogP contribution >= 0.6 is 0 Å². The number of hydrogen-bond acceptors (Lipinski definition) is 5. The molecule has 3 aromatic heterocycles. The number of furan rings is 2. The minimum Gasteiger partial charge on any atom is -0.455 e. The van der Waals surface area contributed by atoms with E-state index in [0.29, 0.717) is 17.5 Å². The second-order valence-corrected chi connectivity index (χ2v) is 14.7. The van der Waals surface area contributed by atoms with Gasteiger partial charge in [-0.1, -0.05) is 158 Å². The van der Waals surface area contributed by atoms with Gasteiger partial charge in [-0.3, -0.25) is 0 Å². The second-order valence-electron chi connectivity index (χ2n) is 14.7. The summed E-state index contributed by atoms with van der Waals surface area (Å²) in [7, 11) is 0. The molecule has 58 heavy (non-hydrogen) atoms. The topological polar surface area (TPSA) is 65.0 Å². The molecular formula is C53H31N3O2. The van der Waals surface area contributed by atoms with Crippen LogP contribution in [0.5, 0.6) is 0 Å². The lowest BCUT2D eigenvalue weighted by molar-refractivity contribution is 0.669. The number of hydrogen-bond donors (Lipinski definition) is 0. The molecule has 0 aliphatic heterocycles. The quantitative estimate of drug-likeness (QED) is 0.176. The third-order valence-corrected chi connectivity index (χ3v) is 11.4. The van der Waals surface area contributed by atoms with Crippen LogP contribution in [0.1, 0.15) is 0 Å². The molecule has 5 nitrogen and oxygen atoms in total. The average Bonchev–Trinajstić information content (AvgIpc) is 3.87. The molecule has 0 saturated heterocycles. The maximum absolute atomic E-state index is 6.59. The normalized spacial score (nSPS) is 11.8. The number of benzene rings is 9. The zero-order valence-electron chi connectivity index (χ0n) is 31.1. The molecule has 270 valence electrons. The summed E-state index contributed by atoms with van der Waals surface area (Å²) < 4.78 is 13.2. The van der Waals surface area contributed by atoms with E-state index in [-0.39, 0.29) is 0 Å². The Hall–Kier alpha value is -7.89. The molecule has 5 heteroatoms. The third kappa shape index (κ3) is 5.07. The Morgan fingerprint density at radius 2 is 0.828 bits per heavy atom. The summed E-state index contributed by atoms with van der Waals surface area (Å²) in [5.74, 6) is 1.58. The van der Waals surface area contributed by atoms with Crippen molar-refractivity contribution >= 4 is 65.4 Å². The number of rotatable bonds is 5. The molecule has 12 aromatic rings. The monoisotopic (exact) mass is 741 g/mol. The predicted octanol–water partition coefficient (Wildman–Crippen LogP) is 14.3. The number of fused-ring (bicyclic) bond motifs is 8. The van der Waals surface area contributed by atoms with Crippen LogP contribution < -0.4 is 0 Å². The standard InChI is InChI=1S/C53H31N3O2/c1-2-13-32(14-3-1)34-27-29-37-35(31-34)28-30-41(38-20-10-16-33-15-4-5-17-36(33)38)48(37)53-55-51(44-23-11-21-42-39-18-6-8-25-46(39)57-49(42)44)54-52(56-53)45-24-12-22-43-40-19-7-9-26-47(40)58-50(43)45/h1-31H. The third-order valence-electron chi connectivity index (χ3n) is 11.4. The Labute approximate surface area is 332 Å². The first-order valence-corrected chi connectivity index (χ1v) is 19.4. The number of nitrogens with zero attached hydrogens (tertiary/aromatic N) is 3. The van der Waals surface area contributed by atoms with Crippen molar-refractivity contribution < 1.29 is 8.83 Å². The van der Waals surface area contributed by atoms with E-state index in [1.165, 1.54) is 0 Å². The molecule has 0 aliphatic carbocycles. The van der Waals surface area contributed by atoms with Gasteiger partial charge in [-0.2, -0.15) is 0 Å². The van der Waals surface area contributed by atoms with Crippen LogP contribution in [-0.4, -0.2) is 15.0 Å². The van der Waals surface area contributed by atoms with Crippen LogP contribution in [0.4, 0.5) is 0 Å². The average molecular weight is 742 g/mol. The SMILES string of the molecule is c1ccc(-c2ccc3c(-c4nc(-c5cccc6c5oc5ccccc56)nc(-c5cccc6c5oc5ccccc56)n4)c(-c4cccc5ccccc45)ccc3c2)cc1. The lowest BCUT2D eigenvalue weighted by Crippen LogP contribution is -2.02. The minimum absolute atomic E-state index is 0.513. The Kier molecular flexibility index (Phi) is 7.16. The van der Waals surface area contributed by atoms with Crippen molar-refractivity contribution in [3.8, 4) is 56.4 Å². The van der Waals surface area contributed by atoms with Gasteiger partial charge in [0.05, 0.1) is 11.1 Å². The lowest BCUT2D eigenvalue weighted by Gasteiger charge is -2.17. The highest BCUT2D eigenvalue weighted by Gasteiger charge is 2.23. The molecule has 0 amide bonds. The summed E-state index contributed by atoms with van der Waals surface area (Å²) in [5, 5.41) is 8.54. The van der Waals surface area contributed by atoms with Gasteiger partial charge in [0.2, 0.25) is 0 Å². The van der Waals surface area contributed by atoms with Crippen molar-refractivity contribution in [1.29, 1.82) is 0 Å². The van der Waals surface area contributed by atoms with Crippen molar-refractivity contribution in [1.82, 2.24) is 15.0 Å². The zero-order chi connectivity index (χ0) is 38.2. The summed E-state index contributed by atoms with van der Waals surface area (Å²) >= 11 is 0. The molecule has 0 unspecified atom stereocenters. The van der Waals surface area contributed by atoms with Crippen molar-refractivity contribution in [3.05, 3.63) is 188 Å². The summed E-state index contributed by atoms with van der Waals surface area (Å²) in [4.78, 5) is 16.1. The summed E-state index contributed by atoms with van der Waals surface area (Å²) in [6.45, 7) is 0. The first-order valence-electron chi connectivity index (χ1n) is 19.4. The van der Waals surface area contributed by atoms with Gasteiger partial charge in [0.25, 0.3) is 0 Å². The fraction of sp³-hybridized carbons (Fsp3) is 0. The van der Waals surface area contributed by atoms with Gasteiger partial charge < -0.3 is 8.83 Å². The van der Waals surface area contributed by atoms with Crippen LogP contribution in [0.2, 0.25) is 0 Å². The molecule has 0 bridgehead atoms. The Morgan fingerprint density at radius 3 is 1.52 bits per heavy atom. The van der Waals surface area contributed by atoms with Gasteiger partial charge in [-0.15, -0.1) is 0 Å². The summed E-state index contributed by atoms with van der Waals surface area (Å²) in [5.41, 5.74) is 10.0. The molecular weight excluding hydrogens is 711 g/mol. The smallest absolute Gasteiger partial charge is 0.167 e. The Morgan fingerprint density at radius 1 is 0.293 bits per heavy atom. The van der Waals surface area contributed by atoms with Crippen LogP contribution in [0, 0.1) is 0 Å². The molecule has 0 saturated carbocycles. The van der Waals surface area contributed by atoms with E-state index in [1.54, 1.807) is 0 Å². The van der Waals surface area contributed by atoms with Gasteiger partial charge in [-0.25, -0.2) is 15.0 Å². The van der Waals surface area contributed by atoms with E-state index in [4.69, 9.17) is 23.8 Å². The molecule has 0 fully saturated rings. The van der Waals surface area contributed by atoms with Crippen molar-refractivity contribution in [2.45, 2.75) is 0 Å². The predicted molar refractivity (Wildman–Crippen MR) is 237 cm³/mol. The molecule has 0 aliphatic rings. The van der Waals surface area contributed by atoms with E-state index >= 15 is 0 Å². The largest absolute Gasteiger partial charge is 0.455 e. The van der Waals surface area contributed by atoms with E-state index in [0.717, 1.165) is 104 Å². The van der Waals surface area contributed by atoms with Crippen molar-refractivity contribution in [2.24, 2.45) is 0 Å². The van der Waals surface area contributed by atoms with E-state index in [9.17, 15) is 0 Å². The molecule has 0 N–H and O–H groups in total. The first kappa shape index (κ1) is 32.4. The van der Waals surface area contributed by atoms with E-state index in [1.807, 2.05) is 66.7 Å². The molecule has 0 atom stereocenters. The van der Waals surface area contributed by atoms with Crippen molar-refractivity contribution in [2.75, 3.05) is 0 Å². The first-order chi connectivity index (χ1) is 28.7. The highest BCUT2D eigenvalue weighted by Crippen LogP contribution is 2.43. The summed E-state index contributed by atoms with van der Waals surface area (Å²) in [6, 6.07) is 65.2. The van der Waals surface area contributed by atoms with Gasteiger partial charge in [0.15, 0.2) is 17.5 Å². The van der Waals surface area contributed by atoms with Gasteiger partial charge in [0.1, 0.15) is 22.3 Å². The fourth-order valence-corrected chi connectivity index (χ4v) is 8.64. The highest BCUT2D eigenvalue weighted by atomic mass is 16.3. The van der Waals surface area contributed by atoms with Crippen LogP contribution in [0.3, 0.4) is 0 Å². The number of aromatic nitrogens is 3. The van der Waals surface area contributed by atoms with E-state index < -0.39 is 0 Å². The van der Waals surface area contributed by atoms with Gasteiger partial charge in [0, 0.05) is 27.1 Å². The zero-order valence-corrected chi connectivity index (χ0v) is 31.1. The van der Waals surface area contributed by atoms with Crippen LogP contribution in [0.15, 0.2) is 197 Å². The molecule has 9 aromatic carbocycles. The molecule has 3 heterocycles. The Bertz CT molecular complexity index is 3450. The molecule has 0 spiro atoms. The minimum atomic E-state index is 0.513. The van der Waals surface area contributed by atoms with Gasteiger partial charge in [-0.05, 0) is 74.1 Å². The Balaban J connectivity index is 1.19. The van der Waals surface area contributed by atoms with Crippen LogP contribution in [0.25, 0.3) is 122 Å². The maximum Gasteiger partial charge on any atom is 0.167 e. The second kappa shape index (κ2) is 12.8. The maximum atomic E-state index is 6.59. The number of para-hydroxylation sites is 4. The van der Waals surface area contributed by atoms with Crippen LogP contribution in [-0.2, 0) is 0 Å². The molecule has 12 rings (SSSR count).